The highest BCUT2D eigenvalue weighted by atomic mass is 35.5. The van der Waals surface area contributed by atoms with Crippen LogP contribution in [0.4, 0.5) is 5.82 Å². The first-order valence-electron chi connectivity index (χ1n) is 7.90. The van der Waals surface area contributed by atoms with E-state index in [0.717, 1.165) is 5.56 Å². The first-order chi connectivity index (χ1) is 12.5. The molecule has 1 aliphatic heterocycles. The summed E-state index contributed by atoms with van der Waals surface area (Å²) in [4.78, 5) is 4.32. The maximum absolute atomic E-state index is 10.2. The molecule has 1 aliphatic rings. The van der Waals surface area contributed by atoms with Gasteiger partial charge in [0.1, 0.15) is 0 Å². The molecular formula is C16H15Cl2N5O2S. The lowest BCUT2D eigenvalue weighted by Gasteiger charge is -2.14. The lowest BCUT2D eigenvalue weighted by atomic mass is 10.1. The molecule has 136 valence electrons. The van der Waals surface area contributed by atoms with Crippen LogP contribution in [0.25, 0.3) is 5.65 Å². The van der Waals surface area contributed by atoms with E-state index in [9.17, 15) is 10.2 Å². The Labute approximate surface area is 163 Å². The molecule has 0 saturated carbocycles. The third-order valence-corrected chi connectivity index (χ3v) is 6.20. The summed E-state index contributed by atoms with van der Waals surface area (Å²) in [6.07, 6.45) is 1.73. The summed E-state index contributed by atoms with van der Waals surface area (Å²) in [6, 6.07) is 5.27. The fourth-order valence-corrected chi connectivity index (χ4v) is 4.52. The maximum atomic E-state index is 10.2. The molecule has 3 atom stereocenters. The molecule has 3 N–H and O–H groups in total. The Bertz CT molecular complexity index is 954. The zero-order valence-electron chi connectivity index (χ0n) is 13.4. The molecule has 0 aliphatic carbocycles. The van der Waals surface area contributed by atoms with Gasteiger partial charge in [-0.2, -0.15) is 0 Å². The van der Waals surface area contributed by atoms with Crippen molar-refractivity contribution in [3.8, 4) is 0 Å². The largest absolute Gasteiger partial charge is 0.390 e. The summed E-state index contributed by atoms with van der Waals surface area (Å²) in [5.41, 5.74) is 1.38. The van der Waals surface area contributed by atoms with Crippen LogP contribution in [0.2, 0.25) is 10.0 Å². The predicted octanol–water partition coefficient (Wildman–Crippen LogP) is 2.55. The highest BCUT2D eigenvalue weighted by Gasteiger charge is 2.38. The second-order valence-electron chi connectivity index (χ2n) is 5.93. The van der Waals surface area contributed by atoms with E-state index in [-0.39, 0.29) is 5.25 Å². The molecule has 3 heterocycles. The number of thioether (sulfide) groups is 1. The minimum Gasteiger partial charge on any atom is -0.390 e. The number of anilines is 1. The van der Waals surface area contributed by atoms with Crippen LogP contribution >= 0.6 is 35.0 Å². The number of rotatable bonds is 4. The van der Waals surface area contributed by atoms with Gasteiger partial charge in [0.15, 0.2) is 11.6 Å². The molecule has 1 saturated heterocycles. The van der Waals surface area contributed by atoms with E-state index in [2.05, 4.69) is 20.5 Å². The number of nitrogens with zero attached hydrogens (tertiary/aromatic N) is 4. The molecule has 0 bridgehead atoms. The number of fused-ring (bicyclic) bond motifs is 1. The number of benzene rings is 1. The van der Waals surface area contributed by atoms with Crippen molar-refractivity contribution in [2.45, 2.75) is 24.0 Å². The van der Waals surface area contributed by atoms with Gasteiger partial charge in [-0.25, -0.2) is 4.98 Å². The van der Waals surface area contributed by atoms with Crippen LogP contribution < -0.4 is 5.32 Å². The molecular weight excluding hydrogens is 397 g/mol. The molecule has 26 heavy (non-hydrogen) atoms. The van der Waals surface area contributed by atoms with Gasteiger partial charge in [0.05, 0.1) is 17.5 Å². The van der Waals surface area contributed by atoms with E-state index in [0.29, 0.717) is 39.6 Å². The molecule has 2 aromatic heterocycles. The van der Waals surface area contributed by atoms with Crippen LogP contribution in [-0.2, 0) is 6.54 Å². The van der Waals surface area contributed by atoms with Gasteiger partial charge in [-0.05, 0) is 23.8 Å². The monoisotopic (exact) mass is 411 g/mol. The van der Waals surface area contributed by atoms with E-state index in [1.807, 2.05) is 0 Å². The van der Waals surface area contributed by atoms with Crippen LogP contribution in [0.15, 0.2) is 30.6 Å². The summed E-state index contributed by atoms with van der Waals surface area (Å²) in [7, 11) is 0. The van der Waals surface area contributed by atoms with Crippen molar-refractivity contribution in [3.05, 3.63) is 52.0 Å². The number of aliphatic hydroxyl groups is 2. The van der Waals surface area contributed by atoms with E-state index in [1.165, 1.54) is 11.8 Å². The molecule has 0 spiro atoms. The molecule has 4 rings (SSSR count). The maximum Gasteiger partial charge on any atom is 0.203 e. The third kappa shape index (κ3) is 3.23. The Morgan fingerprint density at radius 1 is 1.27 bits per heavy atom. The fraction of sp³-hybridized carbons (Fsp3) is 0.312. The second-order valence-corrected chi connectivity index (χ2v) is 7.95. The summed E-state index contributed by atoms with van der Waals surface area (Å²) in [5, 5.41) is 32.4. The molecule has 3 aromatic rings. The highest BCUT2D eigenvalue weighted by Crippen LogP contribution is 2.39. The normalized spacial score (nSPS) is 22.8. The summed E-state index contributed by atoms with van der Waals surface area (Å²) in [5.74, 6) is 1.59. The highest BCUT2D eigenvalue weighted by molar-refractivity contribution is 7.99. The van der Waals surface area contributed by atoms with Gasteiger partial charge in [0.25, 0.3) is 0 Å². The predicted molar refractivity (Wildman–Crippen MR) is 102 cm³/mol. The van der Waals surface area contributed by atoms with E-state index < -0.39 is 12.2 Å². The number of hydrogen-bond donors (Lipinski definition) is 3. The zero-order chi connectivity index (χ0) is 18.3. The Hall–Kier alpha value is -1.58. The molecule has 0 radical (unpaired) electrons. The molecule has 1 fully saturated rings. The average Bonchev–Trinajstić information content (AvgIpc) is 3.20. The van der Waals surface area contributed by atoms with E-state index >= 15 is 0 Å². The number of aromatic nitrogens is 4. The van der Waals surface area contributed by atoms with Gasteiger partial charge in [0.2, 0.25) is 5.65 Å². The van der Waals surface area contributed by atoms with E-state index in [4.69, 9.17) is 23.2 Å². The summed E-state index contributed by atoms with van der Waals surface area (Å²) in [6.45, 7) is 0.424. The zero-order valence-corrected chi connectivity index (χ0v) is 15.7. The van der Waals surface area contributed by atoms with Crippen molar-refractivity contribution in [2.75, 3.05) is 11.1 Å². The minimum atomic E-state index is -0.873. The molecule has 0 amide bonds. The quantitative estimate of drug-likeness (QED) is 0.606. The Kier molecular flexibility index (Phi) is 4.94. The average molecular weight is 412 g/mol. The van der Waals surface area contributed by atoms with Crippen LogP contribution in [0.1, 0.15) is 16.6 Å². The van der Waals surface area contributed by atoms with Crippen molar-refractivity contribution in [1.82, 2.24) is 19.6 Å². The van der Waals surface area contributed by atoms with Gasteiger partial charge in [-0.15, -0.1) is 22.0 Å². The summed E-state index contributed by atoms with van der Waals surface area (Å²) < 4.78 is 1.77. The first kappa shape index (κ1) is 17.8. The Morgan fingerprint density at radius 2 is 2.12 bits per heavy atom. The van der Waals surface area contributed by atoms with E-state index in [1.54, 1.807) is 35.0 Å². The number of aliphatic hydroxyl groups excluding tert-OH is 2. The van der Waals surface area contributed by atoms with Gasteiger partial charge in [-0.3, -0.25) is 4.40 Å². The number of nitrogens with one attached hydrogen (secondary N) is 1. The van der Waals surface area contributed by atoms with Crippen LogP contribution in [0.5, 0.6) is 0 Å². The van der Waals surface area contributed by atoms with Gasteiger partial charge in [-0.1, -0.05) is 23.2 Å². The molecule has 10 heteroatoms. The lowest BCUT2D eigenvalue weighted by molar-refractivity contribution is 0.0404. The van der Waals surface area contributed by atoms with Crippen molar-refractivity contribution in [1.29, 1.82) is 0 Å². The van der Waals surface area contributed by atoms with Crippen molar-refractivity contribution >= 4 is 46.4 Å². The smallest absolute Gasteiger partial charge is 0.203 e. The van der Waals surface area contributed by atoms with Crippen LogP contribution in [0.3, 0.4) is 0 Å². The van der Waals surface area contributed by atoms with Gasteiger partial charge >= 0.3 is 0 Å². The SMILES string of the molecule is O[C@@H]1[C@H](O)CS[C@H]1c1nnc2c(NCc3cc(Cl)ccc3Cl)nccn12. The summed E-state index contributed by atoms with van der Waals surface area (Å²) >= 11 is 13.7. The Balaban J connectivity index is 1.62. The molecule has 7 nitrogen and oxygen atoms in total. The minimum absolute atomic E-state index is 0.336. The van der Waals surface area contributed by atoms with Crippen molar-refractivity contribution in [3.63, 3.8) is 0 Å². The van der Waals surface area contributed by atoms with Gasteiger partial charge < -0.3 is 15.5 Å². The number of halogens is 2. The van der Waals surface area contributed by atoms with Crippen molar-refractivity contribution in [2.24, 2.45) is 0 Å². The standard InChI is InChI=1S/C16H15Cl2N5O2S/c17-9-1-2-10(18)8(5-9)6-20-14-16-22-21-15(23(16)4-3-19-14)13-12(25)11(24)7-26-13/h1-5,11-13,24-25H,6-7H2,(H,19,20)/t11-,12-,13-/m1/s1. The lowest BCUT2D eigenvalue weighted by Crippen LogP contribution is -2.25. The fourth-order valence-electron chi connectivity index (χ4n) is 2.85. The number of hydrogen-bond acceptors (Lipinski definition) is 7. The first-order valence-corrected chi connectivity index (χ1v) is 9.70. The third-order valence-electron chi connectivity index (χ3n) is 4.21. The molecule has 0 unspecified atom stereocenters. The second kappa shape index (κ2) is 7.21. The Morgan fingerprint density at radius 3 is 2.88 bits per heavy atom. The van der Waals surface area contributed by atoms with Crippen LogP contribution in [0, 0.1) is 0 Å². The van der Waals surface area contributed by atoms with Crippen molar-refractivity contribution < 1.29 is 10.2 Å². The van der Waals surface area contributed by atoms with Gasteiger partial charge in [0, 0.05) is 34.7 Å². The van der Waals surface area contributed by atoms with Crippen LogP contribution in [-0.4, -0.2) is 47.8 Å². The molecule has 1 aromatic carbocycles. The topological polar surface area (TPSA) is 95.6 Å².